The molecule has 4 atom stereocenters. The van der Waals surface area contributed by atoms with E-state index < -0.39 is 9.05 Å². The van der Waals surface area contributed by atoms with Crippen molar-refractivity contribution in [2.24, 2.45) is 0 Å². The lowest BCUT2D eigenvalue weighted by molar-refractivity contribution is -0.111. The van der Waals surface area contributed by atoms with Crippen LogP contribution in [-0.4, -0.2) is 33.5 Å². The van der Waals surface area contributed by atoms with Gasteiger partial charge in [0.2, 0.25) is 0 Å². The van der Waals surface area contributed by atoms with Gasteiger partial charge in [0.1, 0.15) is 0 Å². The van der Waals surface area contributed by atoms with Gasteiger partial charge >= 0.3 is 9.05 Å². The van der Waals surface area contributed by atoms with Crippen molar-refractivity contribution in [1.82, 2.24) is 0 Å². The molecule has 0 heterocycles. The lowest BCUT2D eigenvalue weighted by Gasteiger charge is -2.38. The average molecular weight is 433 g/mol. The van der Waals surface area contributed by atoms with Gasteiger partial charge in [-0.05, 0) is 51.4 Å². The summed E-state index contributed by atoms with van der Waals surface area (Å²) in [4.78, 5) is 0. The highest BCUT2D eigenvalue weighted by molar-refractivity contribution is 6.53. The molecule has 0 aliphatic heterocycles. The summed E-state index contributed by atoms with van der Waals surface area (Å²) in [6.07, 6.45) is 12.8. The van der Waals surface area contributed by atoms with Gasteiger partial charge in [0.05, 0.1) is 24.4 Å². The van der Waals surface area contributed by atoms with Gasteiger partial charge in [-0.25, -0.2) is 0 Å². The Bertz CT molecular complexity index is 297. The first kappa shape index (κ1) is 29.1. The summed E-state index contributed by atoms with van der Waals surface area (Å²) in [5.41, 5.74) is 0. The van der Waals surface area contributed by atoms with E-state index in [1.54, 1.807) is 0 Å². The van der Waals surface area contributed by atoms with Crippen molar-refractivity contribution in [3.63, 3.8) is 0 Å². The van der Waals surface area contributed by atoms with E-state index in [0.29, 0.717) is 0 Å². The maximum atomic E-state index is 6.74. The fourth-order valence-electron chi connectivity index (χ4n) is 3.66. The number of hydrogen-bond acceptors (Lipinski definition) is 4. The second-order valence-electron chi connectivity index (χ2n) is 8.25. The van der Waals surface area contributed by atoms with Crippen molar-refractivity contribution < 1.29 is 17.7 Å². The summed E-state index contributed by atoms with van der Waals surface area (Å²) in [7, 11) is -3.28. The van der Waals surface area contributed by atoms with Gasteiger partial charge in [-0.2, -0.15) is 0 Å². The zero-order valence-corrected chi connectivity index (χ0v) is 21.9. The molecule has 0 aliphatic rings. The van der Waals surface area contributed by atoms with Crippen LogP contribution in [-0.2, 0) is 17.7 Å². The van der Waals surface area contributed by atoms with E-state index >= 15 is 0 Å². The summed E-state index contributed by atoms with van der Waals surface area (Å²) >= 11 is 0. The predicted molar refractivity (Wildman–Crippen MR) is 126 cm³/mol. The van der Waals surface area contributed by atoms with E-state index in [1.807, 2.05) is 0 Å². The topological polar surface area (TPSA) is 36.9 Å². The standard InChI is InChI=1S/C24H52O4Si/c1-9-17-21(13-5)25-29(26-22(14-6)18-10-2,27-23(15-7)19-11-3)28-24(16-8)20-12-4/h21-24H,9-20H2,1-8H3. The molecule has 0 aromatic carbocycles. The Labute approximate surface area is 183 Å². The summed E-state index contributed by atoms with van der Waals surface area (Å²) < 4.78 is 26.9. The predicted octanol–water partition coefficient (Wildman–Crippen LogP) is 7.80. The molecule has 0 rings (SSSR count). The van der Waals surface area contributed by atoms with Crippen LogP contribution in [0.2, 0.25) is 0 Å². The third-order valence-corrected chi connectivity index (χ3v) is 8.00. The molecule has 4 unspecified atom stereocenters. The highest BCUT2D eigenvalue weighted by Gasteiger charge is 2.52. The first-order chi connectivity index (χ1) is 14.0. The van der Waals surface area contributed by atoms with Crippen LogP contribution < -0.4 is 0 Å². The zero-order valence-electron chi connectivity index (χ0n) is 20.9. The summed E-state index contributed by atoms with van der Waals surface area (Å²) in [5.74, 6) is 0. The third kappa shape index (κ3) is 11.9. The molecule has 0 aromatic rings. The first-order valence-corrected chi connectivity index (χ1v) is 14.3. The van der Waals surface area contributed by atoms with E-state index in [9.17, 15) is 0 Å². The summed E-state index contributed by atoms with van der Waals surface area (Å²) in [5, 5.41) is 0. The van der Waals surface area contributed by atoms with E-state index in [4.69, 9.17) is 17.7 Å². The molecule has 0 saturated heterocycles. The van der Waals surface area contributed by atoms with Crippen LogP contribution in [0.4, 0.5) is 0 Å². The molecule has 0 spiro atoms. The van der Waals surface area contributed by atoms with E-state index in [-0.39, 0.29) is 24.4 Å². The van der Waals surface area contributed by atoms with Crippen molar-refractivity contribution in [2.75, 3.05) is 0 Å². The Morgan fingerprint density at radius 1 is 0.414 bits per heavy atom. The van der Waals surface area contributed by atoms with Crippen molar-refractivity contribution in [3.05, 3.63) is 0 Å². The molecule has 0 N–H and O–H groups in total. The summed E-state index contributed by atoms with van der Waals surface area (Å²) in [6.45, 7) is 17.6. The van der Waals surface area contributed by atoms with Crippen LogP contribution in [0.1, 0.15) is 132 Å². The Morgan fingerprint density at radius 3 is 0.759 bits per heavy atom. The van der Waals surface area contributed by atoms with Crippen LogP contribution in [0.5, 0.6) is 0 Å². The molecule has 0 aromatic heterocycles. The molecule has 0 fully saturated rings. The molecular weight excluding hydrogens is 380 g/mol. The normalized spacial score (nSPS) is 18.2. The fourth-order valence-corrected chi connectivity index (χ4v) is 6.76. The van der Waals surface area contributed by atoms with Gasteiger partial charge in [-0.15, -0.1) is 0 Å². The molecule has 0 bridgehead atoms. The SMILES string of the molecule is CCCC(CC)O[Si](OC(CC)CCC)(OC(CC)CCC)OC(CC)CCC. The molecule has 5 heteroatoms. The van der Waals surface area contributed by atoms with Gasteiger partial charge in [0.25, 0.3) is 0 Å². The lowest BCUT2D eigenvalue weighted by atomic mass is 10.2. The van der Waals surface area contributed by atoms with E-state index in [0.717, 1.165) is 77.0 Å². The van der Waals surface area contributed by atoms with Gasteiger partial charge in [0.15, 0.2) is 0 Å². The van der Waals surface area contributed by atoms with Crippen LogP contribution in [0.25, 0.3) is 0 Å². The molecule has 0 saturated carbocycles. The number of rotatable bonds is 20. The van der Waals surface area contributed by atoms with Crippen LogP contribution in [0.15, 0.2) is 0 Å². The molecule has 0 aliphatic carbocycles. The Hall–Kier alpha value is 0.0569. The minimum atomic E-state index is -3.28. The molecule has 0 amide bonds. The summed E-state index contributed by atoms with van der Waals surface area (Å²) in [6, 6.07) is 0. The van der Waals surface area contributed by atoms with Crippen molar-refractivity contribution >= 4 is 9.05 Å². The van der Waals surface area contributed by atoms with Gasteiger partial charge in [-0.1, -0.05) is 81.1 Å². The van der Waals surface area contributed by atoms with E-state index in [2.05, 4.69) is 55.4 Å². The Balaban J connectivity index is 5.94. The van der Waals surface area contributed by atoms with Gasteiger partial charge in [-0.3, -0.25) is 0 Å². The van der Waals surface area contributed by atoms with Crippen LogP contribution >= 0.6 is 0 Å². The minimum absolute atomic E-state index is 0.129. The van der Waals surface area contributed by atoms with Crippen molar-refractivity contribution in [2.45, 2.75) is 157 Å². The first-order valence-electron chi connectivity index (χ1n) is 12.7. The molecule has 176 valence electrons. The second-order valence-corrected chi connectivity index (χ2v) is 10.2. The third-order valence-electron chi connectivity index (χ3n) is 5.51. The molecule has 0 radical (unpaired) electrons. The van der Waals surface area contributed by atoms with Gasteiger partial charge < -0.3 is 17.7 Å². The smallest absolute Gasteiger partial charge is 0.348 e. The highest BCUT2D eigenvalue weighted by atomic mass is 28.4. The van der Waals surface area contributed by atoms with E-state index in [1.165, 1.54) is 0 Å². The maximum absolute atomic E-state index is 6.74. The Kier molecular flexibility index (Phi) is 17.7. The van der Waals surface area contributed by atoms with Gasteiger partial charge in [0, 0.05) is 0 Å². The van der Waals surface area contributed by atoms with Crippen LogP contribution in [0, 0.1) is 0 Å². The maximum Gasteiger partial charge on any atom is 0.680 e. The fraction of sp³-hybridized carbons (Fsp3) is 1.00. The lowest BCUT2D eigenvalue weighted by Crippen LogP contribution is -2.57. The molecule has 29 heavy (non-hydrogen) atoms. The quantitative estimate of drug-likeness (QED) is 0.184. The Morgan fingerprint density at radius 2 is 0.621 bits per heavy atom. The average Bonchev–Trinajstić information content (AvgIpc) is 2.72. The minimum Gasteiger partial charge on any atom is -0.348 e. The van der Waals surface area contributed by atoms with Crippen molar-refractivity contribution in [1.29, 1.82) is 0 Å². The molecule has 4 nitrogen and oxygen atoms in total. The largest absolute Gasteiger partial charge is 0.680 e. The second kappa shape index (κ2) is 17.7. The molecular formula is C24H52O4Si. The zero-order chi connectivity index (χ0) is 22.1. The highest BCUT2D eigenvalue weighted by Crippen LogP contribution is 2.29. The monoisotopic (exact) mass is 432 g/mol. The number of hydrogen-bond donors (Lipinski definition) is 0. The van der Waals surface area contributed by atoms with Crippen molar-refractivity contribution in [3.8, 4) is 0 Å². The van der Waals surface area contributed by atoms with Crippen LogP contribution in [0.3, 0.4) is 0 Å².